The molecule has 2 aliphatic rings. The van der Waals surface area contributed by atoms with Crippen LogP contribution in [0.15, 0.2) is 0 Å². The molecule has 1 N–H and O–H groups in total. The smallest absolute Gasteiger partial charge is 0.409 e. The molecular weight excluding hydrogens is 322 g/mol. The van der Waals surface area contributed by atoms with E-state index in [4.69, 9.17) is 4.74 Å². The molecule has 0 aromatic carbocycles. The number of nitrogens with one attached hydrogen (secondary N) is 1. The minimum Gasteiger partial charge on any atom is -0.450 e. The zero-order valence-corrected chi connectivity index (χ0v) is 14.3. The van der Waals surface area contributed by atoms with Crippen LogP contribution in [0.25, 0.3) is 0 Å². The number of amides is 2. The molecule has 132 valence electrons. The molecular formula is C14H25N3O5S. The summed E-state index contributed by atoms with van der Waals surface area (Å²) in [5.74, 6) is 0.102. The number of hydrogen-bond donors (Lipinski definition) is 1. The molecule has 2 amide bonds. The van der Waals surface area contributed by atoms with Crippen LogP contribution in [0.5, 0.6) is 0 Å². The Morgan fingerprint density at radius 2 is 1.91 bits per heavy atom. The summed E-state index contributed by atoms with van der Waals surface area (Å²) in [6.45, 7) is 5.39. The first kappa shape index (κ1) is 18.0. The van der Waals surface area contributed by atoms with Crippen LogP contribution in [0, 0.1) is 0 Å². The largest absolute Gasteiger partial charge is 0.450 e. The number of nitrogens with zero attached hydrogens (tertiary/aromatic N) is 2. The van der Waals surface area contributed by atoms with Crippen molar-refractivity contribution in [3.8, 4) is 0 Å². The Morgan fingerprint density at radius 1 is 1.22 bits per heavy atom. The van der Waals surface area contributed by atoms with Gasteiger partial charge >= 0.3 is 6.09 Å². The molecule has 0 saturated carbocycles. The predicted octanol–water partition coefficient (Wildman–Crippen LogP) is -0.546. The molecule has 2 aliphatic heterocycles. The second kappa shape index (κ2) is 7.96. The van der Waals surface area contributed by atoms with E-state index in [-0.39, 0.29) is 29.5 Å². The van der Waals surface area contributed by atoms with Crippen molar-refractivity contribution in [1.29, 1.82) is 0 Å². The van der Waals surface area contributed by atoms with Crippen molar-refractivity contribution in [1.82, 2.24) is 15.1 Å². The first-order valence-electron chi connectivity index (χ1n) is 8.03. The van der Waals surface area contributed by atoms with E-state index in [0.717, 1.165) is 0 Å². The van der Waals surface area contributed by atoms with Crippen LogP contribution in [0.3, 0.4) is 0 Å². The van der Waals surface area contributed by atoms with E-state index in [0.29, 0.717) is 52.2 Å². The molecule has 1 unspecified atom stereocenters. The Morgan fingerprint density at radius 3 is 2.48 bits per heavy atom. The quantitative estimate of drug-likeness (QED) is 0.717. The summed E-state index contributed by atoms with van der Waals surface area (Å²) < 4.78 is 27.7. The molecule has 0 radical (unpaired) electrons. The van der Waals surface area contributed by atoms with Gasteiger partial charge in [0.1, 0.15) is 0 Å². The molecule has 2 rings (SSSR count). The molecule has 8 nitrogen and oxygen atoms in total. The molecule has 0 aromatic rings. The lowest BCUT2D eigenvalue weighted by atomic mass is 10.2. The molecule has 0 aromatic heterocycles. The van der Waals surface area contributed by atoms with Gasteiger partial charge in [0, 0.05) is 45.2 Å². The summed E-state index contributed by atoms with van der Waals surface area (Å²) in [6, 6.07) is -0.242. The summed E-state index contributed by atoms with van der Waals surface area (Å²) >= 11 is 0. The fourth-order valence-electron chi connectivity index (χ4n) is 2.84. The Labute approximate surface area is 137 Å². The number of sulfone groups is 1. The summed E-state index contributed by atoms with van der Waals surface area (Å²) in [7, 11) is -2.97. The average molecular weight is 347 g/mol. The zero-order chi connectivity index (χ0) is 16.9. The normalized spacial score (nSPS) is 24.4. The van der Waals surface area contributed by atoms with Crippen LogP contribution < -0.4 is 5.32 Å². The van der Waals surface area contributed by atoms with Gasteiger partial charge in [0.05, 0.1) is 18.1 Å². The molecule has 0 aliphatic carbocycles. The molecule has 2 fully saturated rings. The monoisotopic (exact) mass is 347 g/mol. The maximum atomic E-state index is 11.9. The van der Waals surface area contributed by atoms with E-state index in [2.05, 4.69) is 10.2 Å². The van der Waals surface area contributed by atoms with Crippen LogP contribution in [-0.4, -0.2) is 87.1 Å². The minimum atomic E-state index is -2.97. The zero-order valence-electron chi connectivity index (χ0n) is 13.5. The number of piperazine rings is 1. The van der Waals surface area contributed by atoms with Crippen molar-refractivity contribution >= 4 is 21.8 Å². The van der Waals surface area contributed by atoms with Crippen molar-refractivity contribution in [3.05, 3.63) is 0 Å². The van der Waals surface area contributed by atoms with Gasteiger partial charge in [-0.2, -0.15) is 0 Å². The van der Waals surface area contributed by atoms with Crippen LogP contribution >= 0.6 is 0 Å². The van der Waals surface area contributed by atoms with Gasteiger partial charge < -0.3 is 15.0 Å². The highest BCUT2D eigenvalue weighted by Gasteiger charge is 2.29. The first-order valence-corrected chi connectivity index (χ1v) is 9.85. The lowest BCUT2D eigenvalue weighted by molar-refractivity contribution is -0.122. The van der Waals surface area contributed by atoms with Gasteiger partial charge in [-0.25, -0.2) is 13.2 Å². The lowest BCUT2D eigenvalue weighted by Crippen LogP contribution is -2.49. The molecule has 1 atom stereocenters. The standard InChI is InChI=1S/C14H25N3O5S/c1-2-22-14(19)17-8-6-16(7-9-17)5-3-13(18)15-12-4-10-23(20,21)11-12/h12H,2-11H2,1H3,(H,15,18). The third-order valence-corrected chi connectivity index (χ3v) is 5.92. The summed E-state index contributed by atoms with van der Waals surface area (Å²) in [5.41, 5.74) is 0. The third-order valence-electron chi connectivity index (χ3n) is 4.15. The van der Waals surface area contributed by atoms with Crippen LogP contribution in [0.2, 0.25) is 0 Å². The van der Waals surface area contributed by atoms with E-state index in [9.17, 15) is 18.0 Å². The number of hydrogen-bond acceptors (Lipinski definition) is 6. The van der Waals surface area contributed by atoms with Gasteiger partial charge in [-0.05, 0) is 13.3 Å². The van der Waals surface area contributed by atoms with Crippen LogP contribution in [-0.2, 0) is 19.4 Å². The van der Waals surface area contributed by atoms with Crippen LogP contribution in [0.1, 0.15) is 19.8 Å². The Bertz CT molecular complexity index is 529. The highest BCUT2D eigenvalue weighted by atomic mass is 32.2. The summed E-state index contributed by atoms with van der Waals surface area (Å²) in [4.78, 5) is 27.3. The van der Waals surface area contributed by atoms with Crippen molar-refractivity contribution in [3.63, 3.8) is 0 Å². The maximum absolute atomic E-state index is 11.9. The van der Waals surface area contributed by atoms with Gasteiger partial charge in [-0.1, -0.05) is 0 Å². The first-order chi connectivity index (χ1) is 10.9. The minimum absolute atomic E-state index is 0.0525. The Balaban J connectivity index is 1.63. The van der Waals surface area contributed by atoms with Crippen molar-refractivity contribution in [2.45, 2.75) is 25.8 Å². The van der Waals surface area contributed by atoms with Crippen molar-refractivity contribution in [2.24, 2.45) is 0 Å². The predicted molar refractivity (Wildman–Crippen MR) is 84.9 cm³/mol. The molecule has 0 bridgehead atoms. The number of rotatable bonds is 5. The van der Waals surface area contributed by atoms with Gasteiger partial charge in [0.25, 0.3) is 0 Å². The number of ether oxygens (including phenoxy) is 1. The van der Waals surface area contributed by atoms with E-state index in [1.807, 2.05) is 0 Å². The fourth-order valence-corrected chi connectivity index (χ4v) is 4.51. The summed E-state index contributed by atoms with van der Waals surface area (Å²) in [6.07, 6.45) is 0.565. The number of carbonyl (C=O) groups excluding carboxylic acids is 2. The third kappa shape index (κ3) is 5.65. The lowest BCUT2D eigenvalue weighted by Gasteiger charge is -2.33. The Hall–Kier alpha value is -1.35. The van der Waals surface area contributed by atoms with E-state index in [1.165, 1.54) is 0 Å². The Kier molecular flexibility index (Phi) is 6.23. The van der Waals surface area contributed by atoms with Crippen molar-refractivity contribution in [2.75, 3.05) is 50.8 Å². The summed E-state index contributed by atoms with van der Waals surface area (Å²) in [5, 5.41) is 2.79. The highest BCUT2D eigenvalue weighted by molar-refractivity contribution is 7.91. The van der Waals surface area contributed by atoms with Gasteiger partial charge in [0.2, 0.25) is 5.91 Å². The molecule has 9 heteroatoms. The maximum Gasteiger partial charge on any atom is 0.409 e. The topological polar surface area (TPSA) is 96.0 Å². The van der Waals surface area contributed by atoms with Gasteiger partial charge in [-0.3, -0.25) is 9.69 Å². The van der Waals surface area contributed by atoms with Crippen LogP contribution in [0.4, 0.5) is 4.79 Å². The van der Waals surface area contributed by atoms with E-state index < -0.39 is 9.84 Å². The fraction of sp³-hybridized carbons (Fsp3) is 0.857. The second-order valence-electron chi connectivity index (χ2n) is 5.95. The molecule has 2 saturated heterocycles. The number of carbonyl (C=O) groups is 2. The van der Waals surface area contributed by atoms with Gasteiger partial charge in [-0.15, -0.1) is 0 Å². The highest BCUT2D eigenvalue weighted by Crippen LogP contribution is 2.11. The van der Waals surface area contributed by atoms with E-state index in [1.54, 1.807) is 11.8 Å². The van der Waals surface area contributed by atoms with Crippen molar-refractivity contribution < 1.29 is 22.7 Å². The second-order valence-corrected chi connectivity index (χ2v) is 8.17. The van der Waals surface area contributed by atoms with E-state index >= 15 is 0 Å². The van der Waals surface area contributed by atoms with Gasteiger partial charge in [0.15, 0.2) is 9.84 Å². The SMILES string of the molecule is CCOC(=O)N1CCN(CCC(=O)NC2CCS(=O)(=O)C2)CC1. The molecule has 2 heterocycles. The molecule has 0 spiro atoms. The average Bonchev–Trinajstić information content (AvgIpc) is 2.84. The molecule has 23 heavy (non-hydrogen) atoms.